The number of hydrogen-bond donors (Lipinski definition) is 2. The number of nitrogens with one attached hydrogen (secondary N) is 1. The maximum atomic E-state index is 10.9. The summed E-state index contributed by atoms with van der Waals surface area (Å²) in [7, 11) is 0. The Labute approximate surface area is 157 Å². The fourth-order valence-electron chi connectivity index (χ4n) is 2.67. The minimum absolute atomic E-state index is 0.214. The molecule has 0 radical (unpaired) electrons. The molecule has 0 aliphatic heterocycles. The monoisotopic (exact) mass is 363 g/mol. The summed E-state index contributed by atoms with van der Waals surface area (Å²) in [5.41, 5.74) is 2.07. The molecule has 4 heteroatoms. The lowest BCUT2D eigenvalue weighted by Crippen LogP contribution is -2.16. The number of allylic oxidation sites excluding steroid dienone is 2. The summed E-state index contributed by atoms with van der Waals surface area (Å²) in [6, 6.07) is 17.9. The first kappa shape index (κ1) is 18.1. The van der Waals surface area contributed by atoms with Gasteiger partial charge in [0, 0.05) is 16.8 Å². The van der Waals surface area contributed by atoms with Crippen molar-refractivity contribution in [3.63, 3.8) is 0 Å². The van der Waals surface area contributed by atoms with Crippen molar-refractivity contribution >= 4 is 33.5 Å². The Morgan fingerprint density at radius 3 is 2.77 bits per heavy atom. The van der Waals surface area contributed by atoms with Crippen LogP contribution in [0.5, 0.6) is 0 Å². The second kappa shape index (κ2) is 9.13. The number of fused-ring (bicyclic) bond motifs is 1. The van der Waals surface area contributed by atoms with Crippen LogP contribution >= 0.6 is 11.3 Å². The van der Waals surface area contributed by atoms with Crippen LogP contribution in [0.4, 0.5) is 0 Å². The zero-order valence-electron chi connectivity index (χ0n) is 14.4. The molecule has 0 aliphatic carbocycles. The molecule has 0 amide bonds. The maximum absolute atomic E-state index is 10.9. The number of rotatable bonds is 8. The molecule has 1 heterocycles. The van der Waals surface area contributed by atoms with Crippen molar-refractivity contribution in [2.75, 3.05) is 13.1 Å². The van der Waals surface area contributed by atoms with Crippen molar-refractivity contribution in [3.05, 3.63) is 88.8 Å². The van der Waals surface area contributed by atoms with Crippen LogP contribution in [0.25, 0.3) is 15.8 Å². The average Bonchev–Trinajstić information content (AvgIpc) is 3.10. The van der Waals surface area contributed by atoms with E-state index in [1.165, 1.54) is 16.9 Å². The van der Waals surface area contributed by atoms with Crippen molar-refractivity contribution in [3.8, 4) is 0 Å². The third-order valence-corrected chi connectivity index (χ3v) is 5.07. The summed E-state index contributed by atoms with van der Waals surface area (Å²) in [6.07, 6.45) is 7.37. The molecule has 0 fully saturated rings. The van der Waals surface area contributed by atoms with Crippen molar-refractivity contribution in [2.24, 2.45) is 0 Å². The van der Waals surface area contributed by atoms with Crippen molar-refractivity contribution in [1.29, 1.82) is 0 Å². The third-order valence-electron chi connectivity index (χ3n) is 4.03. The van der Waals surface area contributed by atoms with Gasteiger partial charge < -0.3 is 10.4 Å². The molecular formula is C22H21NO2S. The Morgan fingerprint density at radius 1 is 1.12 bits per heavy atom. The number of carbonyl (C=O) groups excluding carboxylic acids is 1. The van der Waals surface area contributed by atoms with Crippen LogP contribution in [-0.2, 0) is 6.42 Å². The summed E-state index contributed by atoms with van der Waals surface area (Å²) in [5.74, 6) is 0.214. The lowest BCUT2D eigenvalue weighted by Gasteiger charge is -2.02. The Balaban J connectivity index is 1.49. The quantitative estimate of drug-likeness (QED) is 0.256. The molecule has 3 nitrogen and oxygen atoms in total. The third kappa shape index (κ3) is 4.91. The van der Waals surface area contributed by atoms with Crippen LogP contribution in [0, 0.1) is 0 Å². The fourth-order valence-corrected chi connectivity index (χ4v) is 3.53. The fraction of sp³-hybridized carbons (Fsp3) is 0.136. The van der Waals surface area contributed by atoms with Gasteiger partial charge in [-0.1, -0.05) is 42.5 Å². The maximum Gasteiger partial charge on any atom is 0.160 e. The molecular weight excluding hydrogens is 342 g/mol. The summed E-state index contributed by atoms with van der Waals surface area (Å²) in [4.78, 5) is 11.6. The van der Waals surface area contributed by atoms with Gasteiger partial charge in [0.05, 0.1) is 4.88 Å². The second-order valence-corrected chi connectivity index (χ2v) is 7.05. The van der Waals surface area contributed by atoms with Gasteiger partial charge in [-0.15, -0.1) is 11.3 Å². The Hall–Kier alpha value is -2.69. The van der Waals surface area contributed by atoms with Crippen LogP contribution in [-0.4, -0.2) is 24.5 Å². The van der Waals surface area contributed by atoms with E-state index in [0.717, 1.165) is 41.4 Å². The van der Waals surface area contributed by atoms with Gasteiger partial charge in [0.1, 0.15) is 5.76 Å². The molecule has 2 aromatic carbocycles. The van der Waals surface area contributed by atoms with Crippen molar-refractivity contribution in [2.45, 2.75) is 6.42 Å². The molecule has 3 aromatic rings. The number of carbonyl (C=O) groups is 1. The molecule has 0 atom stereocenters. The van der Waals surface area contributed by atoms with E-state index >= 15 is 0 Å². The first-order valence-corrected chi connectivity index (χ1v) is 9.37. The minimum atomic E-state index is 0.214. The number of hydrogen-bond acceptors (Lipinski definition) is 4. The molecule has 0 saturated heterocycles. The molecule has 0 bridgehead atoms. The van der Waals surface area contributed by atoms with Gasteiger partial charge in [0.25, 0.3) is 0 Å². The first-order valence-electron chi connectivity index (χ1n) is 8.56. The summed E-state index contributed by atoms with van der Waals surface area (Å²) in [5, 5.41) is 14.5. The predicted octanol–water partition coefficient (Wildman–Crippen LogP) is 5.00. The van der Waals surface area contributed by atoms with Crippen molar-refractivity contribution in [1.82, 2.24) is 5.32 Å². The average molecular weight is 363 g/mol. The molecule has 132 valence electrons. The summed E-state index contributed by atoms with van der Waals surface area (Å²) < 4.78 is 1.04. The van der Waals surface area contributed by atoms with E-state index in [2.05, 4.69) is 29.6 Å². The van der Waals surface area contributed by atoms with E-state index in [0.29, 0.717) is 4.88 Å². The lowest BCUT2D eigenvalue weighted by atomic mass is 10.1. The second-order valence-electron chi connectivity index (χ2n) is 5.94. The van der Waals surface area contributed by atoms with Gasteiger partial charge in [-0.2, -0.15) is 0 Å². The van der Waals surface area contributed by atoms with Crippen LogP contribution in [0.3, 0.4) is 0 Å². The topological polar surface area (TPSA) is 49.3 Å². The van der Waals surface area contributed by atoms with E-state index in [4.69, 9.17) is 0 Å². The van der Waals surface area contributed by atoms with Crippen molar-refractivity contribution < 1.29 is 9.90 Å². The highest BCUT2D eigenvalue weighted by molar-refractivity contribution is 7.20. The van der Waals surface area contributed by atoms with Gasteiger partial charge >= 0.3 is 0 Å². The van der Waals surface area contributed by atoms with Gasteiger partial charge in [-0.25, -0.2) is 0 Å². The van der Waals surface area contributed by atoms with Gasteiger partial charge in [0.2, 0.25) is 0 Å². The normalized spacial score (nSPS) is 12.1. The number of aliphatic hydroxyl groups is 1. The highest BCUT2D eigenvalue weighted by Gasteiger charge is 2.04. The first-order chi connectivity index (χ1) is 12.8. The van der Waals surface area contributed by atoms with Gasteiger partial charge in [-0.05, 0) is 54.3 Å². The zero-order valence-corrected chi connectivity index (χ0v) is 15.2. The van der Waals surface area contributed by atoms with Crippen LogP contribution in [0.15, 0.2) is 72.8 Å². The Bertz CT molecular complexity index is 926. The number of thiophene rings is 1. The van der Waals surface area contributed by atoms with Gasteiger partial charge in [-0.3, -0.25) is 4.79 Å². The molecule has 0 unspecified atom stereocenters. The van der Waals surface area contributed by atoms with E-state index in [-0.39, 0.29) is 5.76 Å². The highest BCUT2D eigenvalue weighted by atomic mass is 32.1. The van der Waals surface area contributed by atoms with E-state index in [9.17, 15) is 9.90 Å². The molecule has 0 spiro atoms. The number of aldehydes is 1. The minimum Gasteiger partial charge on any atom is -0.507 e. The Kier molecular flexibility index (Phi) is 6.36. The molecule has 2 N–H and O–H groups in total. The molecule has 0 aliphatic rings. The van der Waals surface area contributed by atoms with Gasteiger partial charge in [0.15, 0.2) is 6.29 Å². The number of benzene rings is 2. The van der Waals surface area contributed by atoms with E-state index < -0.39 is 0 Å². The SMILES string of the molecule is O=Cc1cc2cc(/C(O)=C/C=C/CNCCc3ccccc3)ccc2s1. The standard InChI is InChI=1S/C22H21NO2S/c24-16-20-15-19-14-18(9-10-22(19)26-20)21(25)8-4-5-12-23-13-11-17-6-2-1-3-7-17/h1-10,14-16,23,25H,11-13H2/b5-4+,21-8-. The van der Waals surface area contributed by atoms with Crippen LogP contribution in [0.1, 0.15) is 20.8 Å². The molecule has 3 rings (SSSR count). The van der Waals surface area contributed by atoms with E-state index in [1.807, 2.05) is 42.5 Å². The predicted molar refractivity (Wildman–Crippen MR) is 110 cm³/mol. The van der Waals surface area contributed by atoms with E-state index in [1.54, 1.807) is 6.08 Å². The summed E-state index contributed by atoms with van der Waals surface area (Å²) >= 11 is 1.45. The largest absolute Gasteiger partial charge is 0.507 e. The molecule has 1 aromatic heterocycles. The van der Waals surface area contributed by atoms with Crippen LogP contribution < -0.4 is 5.32 Å². The number of aliphatic hydroxyl groups excluding tert-OH is 1. The summed E-state index contributed by atoms with van der Waals surface area (Å²) in [6.45, 7) is 1.67. The molecule has 26 heavy (non-hydrogen) atoms. The highest BCUT2D eigenvalue weighted by Crippen LogP contribution is 2.27. The zero-order chi connectivity index (χ0) is 18.2. The lowest BCUT2D eigenvalue weighted by molar-refractivity contribution is 0.112. The smallest absolute Gasteiger partial charge is 0.160 e. The van der Waals surface area contributed by atoms with Crippen LogP contribution in [0.2, 0.25) is 0 Å². The molecule has 0 saturated carbocycles. The Morgan fingerprint density at radius 2 is 1.96 bits per heavy atom.